The molecule has 22 heavy (non-hydrogen) atoms. The van der Waals surface area contributed by atoms with Crippen LogP contribution in [-0.2, 0) is 4.79 Å². The molecule has 1 aromatic rings. The minimum Gasteiger partial charge on any atom is -0.494 e. The number of ether oxygens (including phenoxy) is 1. The lowest BCUT2D eigenvalue weighted by Gasteiger charge is -2.31. The van der Waals surface area contributed by atoms with Gasteiger partial charge in [-0.3, -0.25) is 4.79 Å². The van der Waals surface area contributed by atoms with Crippen molar-refractivity contribution in [3.8, 4) is 5.75 Å². The monoisotopic (exact) mass is 301 g/mol. The van der Waals surface area contributed by atoms with E-state index in [4.69, 9.17) is 4.74 Å². The van der Waals surface area contributed by atoms with Gasteiger partial charge in [0.05, 0.1) is 12.6 Å². The molecule has 1 aliphatic carbocycles. The second-order valence-corrected chi connectivity index (χ2v) is 6.53. The summed E-state index contributed by atoms with van der Waals surface area (Å²) >= 11 is 0. The zero-order valence-corrected chi connectivity index (χ0v) is 13.6. The molecule has 1 heterocycles. The molecule has 2 fully saturated rings. The van der Waals surface area contributed by atoms with E-state index < -0.39 is 0 Å². The lowest BCUT2D eigenvalue weighted by Crippen LogP contribution is -2.36. The SMILES string of the molecule is CCOc1ccc(C2CCCN2C(=O)C2CCCCC2)cc1. The molecule has 3 nitrogen and oxygen atoms in total. The number of likely N-dealkylation sites (tertiary alicyclic amines) is 1. The van der Waals surface area contributed by atoms with Gasteiger partial charge < -0.3 is 9.64 Å². The minimum absolute atomic E-state index is 0.269. The Morgan fingerprint density at radius 3 is 2.50 bits per heavy atom. The van der Waals surface area contributed by atoms with Gasteiger partial charge in [0.2, 0.25) is 5.91 Å². The summed E-state index contributed by atoms with van der Waals surface area (Å²) < 4.78 is 5.51. The first-order valence-corrected chi connectivity index (χ1v) is 8.83. The predicted molar refractivity (Wildman–Crippen MR) is 87.9 cm³/mol. The van der Waals surface area contributed by atoms with Gasteiger partial charge in [0.15, 0.2) is 0 Å². The Morgan fingerprint density at radius 1 is 1.09 bits per heavy atom. The van der Waals surface area contributed by atoms with E-state index in [1.807, 2.05) is 19.1 Å². The Bertz CT molecular complexity index is 491. The molecule has 1 aliphatic heterocycles. The molecule has 1 saturated heterocycles. The van der Waals surface area contributed by atoms with Crippen LogP contribution in [0.25, 0.3) is 0 Å². The maximum absolute atomic E-state index is 12.9. The molecule has 3 rings (SSSR count). The van der Waals surface area contributed by atoms with Crippen LogP contribution < -0.4 is 4.74 Å². The summed E-state index contributed by atoms with van der Waals surface area (Å²) in [5.41, 5.74) is 1.25. The second-order valence-electron chi connectivity index (χ2n) is 6.53. The number of nitrogens with zero attached hydrogens (tertiary/aromatic N) is 1. The van der Waals surface area contributed by atoms with Crippen LogP contribution in [-0.4, -0.2) is 24.0 Å². The molecule has 1 saturated carbocycles. The average Bonchev–Trinajstić information content (AvgIpc) is 3.05. The fourth-order valence-electron chi connectivity index (χ4n) is 3.91. The van der Waals surface area contributed by atoms with Gasteiger partial charge in [-0.15, -0.1) is 0 Å². The quantitative estimate of drug-likeness (QED) is 0.828. The summed E-state index contributed by atoms with van der Waals surface area (Å²) in [7, 11) is 0. The molecule has 2 aliphatic rings. The zero-order chi connectivity index (χ0) is 15.4. The van der Waals surface area contributed by atoms with Crippen molar-refractivity contribution < 1.29 is 9.53 Å². The van der Waals surface area contributed by atoms with Crippen molar-refractivity contribution in [1.29, 1.82) is 0 Å². The van der Waals surface area contributed by atoms with E-state index >= 15 is 0 Å². The topological polar surface area (TPSA) is 29.5 Å². The van der Waals surface area contributed by atoms with Crippen LogP contribution in [0.4, 0.5) is 0 Å². The summed E-state index contributed by atoms with van der Waals surface area (Å²) in [5.74, 6) is 1.59. The van der Waals surface area contributed by atoms with E-state index in [1.165, 1.54) is 24.8 Å². The minimum atomic E-state index is 0.269. The fourth-order valence-corrected chi connectivity index (χ4v) is 3.91. The highest BCUT2D eigenvalue weighted by molar-refractivity contribution is 5.79. The van der Waals surface area contributed by atoms with E-state index in [1.54, 1.807) is 0 Å². The number of hydrogen-bond acceptors (Lipinski definition) is 2. The maximum atomic E-state index is 12.9. The Balaban J connectivity index is 1.70. The predicted octanol–water partition coefficient (Wildman–Crippen LogP) is 4.33. The van der Waals surface area contributed by atoms with Gasteiger partial charge in [0, 0.05) is 12.5 Å². The first kappa shape index (κ1) is 15.4. The molecule has 0 spiro atoms. The Labute approximate surface area is 133 Å². The summed E-state index contributed by atoms with van der Waals surface area (Å²) in [6, 6.07) is 8.58. The number of amides is 1. The van der Waals surface area contributed by atoms with Crippen LogP contribution in [0.1, 0.15) is 63.5 Å². The molecule has 1 unspecified atom stereocenters. The number of carbonyl (C=O) groups excluding carboxylic acids is 1. The summed E-state index contributed by atoms with van der Waals surface area (Å²) in [5, 5.41) is 0. The van der Waals surface area contributed by atoms with Gasteiger partial charge in [-0.1, -0.05) is 31.4 Å². The van der Waals surface area contributed by atoms with E-state index in [-0.39, 0.29) is 12.0 Å². The van der Waals surface area contributed by atoms with Crippen molar-refractivity contribution in [3.63, 3.8) is 0 Å². The van der Waals surface area contributed by atoms with Crippen LogP contribution in [0.5, 0.6) is 5.75 Å². The molecule has 1 amide bonds. The smallest absolute Gasteiger partial charge is 0.226 e. The normalized spacial score (nSPS) is 22.8. The standard InChI is InChI=1S/C19H27NO2/c1-2-22-17-12-10-15(11-13-17)18-9-6-14-20(18)19(21)16-7-4-3-5-8-16/h10-13,16,18H,2-9,14H2,1H3. The Kier molecular flexibility index (Phi) is 5.01. The average molecular weight is 301 g/mol. The number of rotatable bonds is 4. The highest BCUT2D eigenvalue weighted by Crippen LogP contribution is 2.36. The van der Waals surface area contributed by atoms with Gasteiger partial charge in [-0.2, -0.15) is 0 Å². The lowest BCUT2D eigenvalue weighted by molar-refractivity contribution is -0.137. The second kappa shape index (κ2) is 7.17. The molecule has 120 valence electrons. The largest absolute Gasteiger partial charge is 0.494 e. The van der Waals surface area contributed by atoms with Crippen LogP contribution in [0, 0.1) is 5.92 Å². The van der Waals surface area contributed by atoms with Crippen LogP contribution in [0.3, 0.4) is 0 Å². The van der Waals surface area contributed by atoms with Crippen molar-refractivity contribution in [1.82, 2.24) is 4.90 Å². The summed E-state index contributed by atoms with van der Waals surface area (Å²) in [4.78, 5) is 15.0. The molecule has 1 aromatic carbocycles. The van der Waals surface area contributed by atoms with Crippen LogP contribution >= 0.6 is 0 Å². The van der Waals surface area contributed by atoms with Gasteiger partial charge in [0.1, 0.15) is 5.75 Å². The van der Waals surface area contributed by atoms with Crippen LogP contribution in [0.2, 0.25) is 0 Å². The molecule has 0 bridgehead atoms. The first-order chi connectivity index (χ1) is 10.8. The number of benzene rings is 1. The summed E-state index contributed by atoms with van der Waals surface area (Å²) in [6.07, 6.45) is 8.13. The first-order valence-electron chi connectivity index (χ1n) is 8.83. The van der Waals surface area contributed by atoms with Gasteiger partial charge >= 0.3 is 0 Å². The molecule has 0 aromatic heterocycles. The number of carbonyl (C=O) groups is 1. The Hall–Kier alpha value is -1.51. The molecule has 1 atom stereocenters. The fraction of sp³-hybridized carbons (Fsp3) is 0.632. The van der Waals surface area contributed by atoms with Gasteiger partial charge in [-0.25, -0.2) is 0 Å². The highest BCUT2D eigenvalue weighted by Gasteiger charge is 2.34. The van der Waals surface area contributed by atoms with E-state index in [2.05, 4.69) is 17.0 Å². The third-order valence-electron chi connectivity index (χ3n) is 5.07. The van der Waals surface area contributed by atoms with Crippen molar-refractivity contribution in [2.45, 2.75) is 57.9 Å². The van der Waals surface area contributed by atoms with E-state index in [0.29, 0.717) is 12.5 Å². The molecular weight excluding hydrogens is 274 g/mol. The molecule has 3 heteroatoms. The highest BCUT2D eigenvalue weighted by atomic mass is 16.5. The maximum Gasteiger partial charge on any atom is 0.226 e. The lowest BCUT2D eigenvalue weighted by atomic mass is 9.88. The third-order valence-corrected chi connectivity index (χ3v) is 5.07. The Morgan fingerprint density at radius 2 is 1.82 bits per heavy atom. The molecule has 0 radical (unpaired) electrons. The van der Waals surface area contributed by atoms with Crippen molar-refractivity contribution in [3.05, 3.63) is 29.8 Å². The van der Waals surface area contributed by atoms with E-state index in [9.17, 15) is 4.79 Å². The van der Waals surface area contributed by atoms with Crippen molar-refractivity contribution in [2.24, 2.45) is 5.92 Å². The zero-order valence-electron chi connectivity index (χ0n) is 13.6. The molecular formula is C19H27NO2. The molecule has 0 N–H and O–H groups in total. The van der Waals surface area contributed by atoms with Crippen molar-refractivity contribution >= 4 is 5.91 Å². The van der Waals surface area contributed by atoms with Crippen molar-refractivity contribution in [2.75, 3.05) is 13.2 Å². The van der Waals surface area contributed by atoms with Gasteiger partial charge in [-0.05, 0) is 50.3 Å². The van der Waals surface area contributed by atoms with E-state index in [0.717, 1.165) is 38.0 Å². The summed E-state index contributed by atoms with van der Waals surface area (Å²) in [6.45, 7) is 3.61. The van der Waals surface area contributed by atoms with Gasteiger partial charge in [0.25, 0.3) is 0 Å². The number of hydrogen-bond donors (Lipinski definition) is 0. The van der Waals surface area contributed by atoms with Crippen LogP contribution in [0.15, 0.2) is 24.3 Å². The third kappa shape index (κ3) is 3.29.